The fourth-order valence-corrected chi connectivity index (χ4v) is 4.04. The van der Waals surface area contributed by atoms with Gasteiger partial charge in [0.05, 0.1) is 0 Å². The van der Waals surface area contributed by atoms with E-state index in [0.717, 1.165) is 18.4 Å². The Hall–Kier alpha value is -1.99. The molecule has 1 saturated heterocycles. The molecule has 3 rings (SSSR count). The Labute approximate surface area is 135 Å². The molecule has 1 aromatic carbocycles. The van der Waals surface area contributed by atoms with E-state index in [1.165, 1.54) is 22.6 Å². The summed E-state index contributed by atoms with van der Waals surface area (Å²) in [5.74, 6) is 0.437. The first-order valence-corrected chi connectivity index (χ1v) is 9.00. The lowest BCUT2D eigenvalue weighted by atomic mass is 10.2. The van der Waals surface area contributed by atoms with Crippen LogP contribution in [0.15, 0.2) is 47.5 Å². The number of pyridine rings is 1. The number of benzene rings is 1. The summed E-state index contributed by atoms with van der Waals surface area (Å²) in [7, 11) is -3.39. The summed E-state index contributed by atoms with van der Waals surface area (Å²) in [6.45, 7) is 1.70. The van der Waals surface area contributed by atoms with Crippen LogP contribution in [0.1, 0.15) is 18.4 Å². The Kier molecular flexibility index (Phi) is 4.58. The molecular formula is C16H19FN3O2S+. The minimum Gasteiger partial charge on any atom is -0.270 e. The third-order valence-electron chi connectivity index (χ3n) is 3.88. The number of hydrogen-bond donors (Lipinski definition) is 1. The van der Waals surface area contributed by atoms with Crippen LogP contribution in [0.25, 0.3) is 0 Å². The van der Waals surface area contributed by atoms with Crippen molar-refractivity contribution in [2.24, 2.45) is 0 Å². The maximum atomic E-state index is 12.8. The average molecular weight is 336 g/mol. The van der Waals surface area contributed by atoms with Crippen molar-refractivity contribution < 1.29 is 17.8 Å². The van der Waals surface area contributed by atoms with Crippen LogP contribution in [-0.2, 0) is 16.6 Å². The van der Waals surface area contributed by atoms with Crippen LogP contribution in [0.4, 0.5) is 10.2 Å². The Morgan fingerprint density at radius 1 is 1.09 bits per heavy atom. The summed E-state index contributed by atoms with van der Waals surface area (Å²) in [6, 6.07) is 9.52. The number of aromatic amines is 1. The van der Waals surface area contributed by atoms with Crippen LogP contribution < -0.4 is 10.3 Å². The van der Waals surface area contributed by atoms with Gasteiger partial charge in [-0.15, -0.1) is 0 Å². The van der Waals surface area contributed by atoms with Gasteiger partial charge in [0.1, 0.15) is 23.5 Å². The summed E-state index contributed by atoms with van der Waals surface area (Å²) >= 11 is 0. The van der Waals surface area contributed by atoms with Crippen LogP contribution in [-0.4, -0.2) is 25.8 Å². The smallest absolute Gasteiger partial charge is 0.270 e. The molecule has 0 saturated carbocycles. The predicted octanol–water partition coefficient (Wildman–Crippen LogP) is 2.04. The second-order valence-electron chi connectivity index (χ2n) is 5.53. The van der Waals surface area contributed by atoms with Crippen LogP contribution in [0.2, 0.25) is 0 Å². The maximum absolute atomic E-state index is 12.8. The quantitative estimate of drug-likeness (QED) is 0.909. The SMILES string of the molecule is O=S(=O)(c1ccc(NCc2ccc(F)cc2)[nH+]c1)N1CCCC1. The monoisotopic (exact) mass is 336 g/mol. The predicted molar refractivity (Wildman–Crippen MR) is 84.7 cm³/mol. The van der Waals surface area contributed by atoms with E-state index < -0.39 is 10.0 Å². The van der Waals surface area contributed by atoms with Gasteiger partial charge in [0.25, 0.3) is 5.82 Å². The summed E-state index contributed by atoms with van der Waals surface area (Å²) in [6.07, 6.45) is 3.33. The molecule has 0 aliphatic carbocycles. The second-order valence-corrected chi connectivity index (χ2v) is 7.47. The van der Waals surface area contributed by atoms with Gasteiger partial charge in [-0.25, -0.2) is 17.8 Å². The fraction of sp³-hybridized carbons (Fsp3) is 0.312. The van der Waals surface area contributed by atoms with Crippen molar-refractivity contribution >= 4 is 15.8 Å². The van der Waals surface area contributed by atoms with Crippen molar-refractivity contribution in [1.82, 2.24) is 4.31 Å². The molecule has 0 radical (unpaired) electrons. The first kappa shape index (κ1) is 15.9. The number of nitrogens with one attached hydrogen (secondary N) is 2. The van der Waals surface area contributed by atoms with Crippen LogP contribution in [0.3, 0.4) is 0 Å². The minimum atomic E-state index is -3.39. The van der Waals surface area contributed by atoms with Gasteiger partial charge in [-0.1, -0.05) is 12.1 Å². The zero-order valence-corrected chi connectivity index (χ0v) is 13.4. The van der Waals surface area contributed by atoms with Crippen molar-refractivity contribution in [1.29, 1.82) is 0 Å². The van der Waals surface area contributed by atoms with Crippen molar-refractivity contribution in [3.8, 4) is 0 Å². The highest BCUT2D eigenvalue weighted by Gasteiger charge is 2.27. The van der Waals surface area contributed by atoms with E-state index in [2.05, 4.69) is 10.3 Å². The number of H-pyrrole nitrogens is 1. The topological polar surface area (TPSA) is 63.6 Å². The van der Waals surface area contributed by atoms with Gasteiger partial charge in [0.15, 0.2) is 0 Å². The highest BCUT2D eigenvalue weighted by atomic mass is 32.2. The molecule has 2 aromatic rings. The second kappa shape index (κ2) is 6.64. The molecule has 0 unspecified atom stereocenters. The lowest BCUT2D eigenvalue weighted by Gasteiger charge is -2.14. The van der Waals surface area contributed by atoms with Crippen molar-refractivity contribution in [3.63, 3.8) is 0 Å². The first-order valence-electron chi connectivity index (χ1n) is 7.56. The molecule has 1 aromatic heterocycles. The number of nitrogens with zero attached hydrogens (tertiary/aromatic N) is 1. The summed E-state index contributed by atoms with van der Waals surface area (Å²) in [5.41, 5.74) is 0.938. The molecule has 0 bridgehead atoms. The van der Waals surface area contributed by atoms with Gasteiger partial charge in [0.2, 0.25) is 10.0 Å². The Morgan fingerprint density at radius 3 is 2.39 bits per heavy atom. The van der Waals surface area contributed by atoms with E-state index in [9.17, 15) is 12.8 Å². The third kappa shape index (κ3) is 3.68. The van der Waals surface area contributed by atoms with E-state index in [0.29, 0.717) is 25.5 Å². The molecule has 23 heavy (non-hydrogen) atoms. The van der Waals surface area contributed by atoms with Crippen molar-refractivity contribution in [3.05, 3.63) is 54.0 Å². The molecule has 1 fully saturated rings. The standard InChI is InChI=1S/C16H18FN3O2S/c17-14-5-3-13(4-6-14)11-18-16-8-7-15(12-19-16)23(21,22)20-9-1-2-10-20/h3-8,12H,1-2,9-11H2,(H,18,19)/p+1. The average Bonchev–Trinajstić information content (AvgIpc) is 3.10. The molecule has 5 nitrogen and oxygen atoms in total. The summed E-state index contributed by atoms with van der Waals surface area (Å²) in [5, 5.41) is 3.14. The molecule has 7 heteroatoms. The molecule has 122 valence electrons. The number of rotatable bonds is 5. The Bertz CT molecular complexity index is 755. The maximum Gasteiger partial charge on any atom is 0.272 e. The van der Waals surface area contributed by atoms with Crippen LogP contribution in [0.5, 0.6) is 0 Å². The van der Waals surface area contributed by atoms with Crippen LogP contribution in [0, 0.1) is 5.82 Å². The molecule has 0 atom stereocenters. The molecule has 1 aliphatic rings. The number of hydrogen-bond acceptors (Lipinski definition) is 3. The largest absolute Gasteiger partial charge is 0.272 e. The van der Waals surface area contributed by atoms with E-state index >= 15 is 0 Å². The summed E-state index contributed by atoms with van der Waals surface area (Å²) < 4.78 is 39.2. The van der Waals surface area contributed by atoms with Gasteiger partial charge in [-0.05, 0) is 36.6 Å². The zero-order chi connectivity index (χ0) is 16.3. The third-order valence-corrected chi connectivity index (χ3v) is 5.78. The Balaban J connectivity index is 1.66. The highest BCUT2D eigenvalue weighted by Crippen LogP contribution is 2.20. The minimum absolute atomic E-state index is 0.267. The van der Waals surface area contributed by atoms with E-state index in [-0.39, 0.29) is 10.7 Å². The van der Waals surface area contributed by atoms with E-state index in [1.54, 1.807) is 24.3 Å². The zero-order valence-electron chi connectivity index (χ0n) is 12.6. The molecule has 1 aliphatic heterocycles. The molecule has 0 amide bonds. The number of aromatic nitrogens is 1. The van der Waals surface area contributed by atoms with E-state index in [1.807, 2.05) is 0 Å². The van der Waals surface area contributed by atoms with Crippen LogP contribution >= 0.6 is 0 Å². The number of anilines is 1. The Morgan fingerprint density at radius 2 is 1.78 bits per heavy atom. The van der Waals surface area contributed by atoms with Crippen molar-refractivity contribution in [2.45, 2.75) is 24.3 Å². The van der Waals surface area contributed by atoms with Gasteiger partial charge in [-0.3, -0.25) is 5.32 Å². The molecule has 0 spiro atoms. The van der Waals surface area contributed by atoms with E-state index in [4.69, 9.17) is 0 Å². The van der Waals surface area contributed by atoms with Gasteiger partial charge < -0.3 is 0 Å². The normalized spacial score (nSPS) is 15.7. The van der Waals surface area contributed by atoms with Gasteiger partial charge >= 0.3 is 0 Å². The highest BCUT2D eigenvalue weighted by molar-refractivity contribution is 7.89. The molecule has 2 heterocycles. The van der Waals surface area contributed by atoms with Crippen molar-refractivity contribution in [2.75, 3.05) is 18.4 Å². The number of halogens is 1. The molecular weight excluding hydrogens is 317 g/mol. The van der Waals surface area contributed by atoms with Gasteiger partial charge in [0, 0.05) is 19.2 Å². The first-order chi connectivity index (χ1) is 11.1. The number of sulfonamides is 1. The fourth-order valence-electron chi connectivity index (χ4n) is 2.56. The lowest BCUT2D eigenvalue weighted by molar-refractivity contribution is -0.364. The lowest BCUT2D eigenvalue weighted by Crippen LogP contribution is -2.29. The molecule has 2 N–H and O–H groups in total. The van der Waals surface area contributed by atoms with Gasteiger partial charge in [-0.2, -0.15) is 4.31 Å². The summed E-state index contributed by atoms with van der Waals surface area (Å²) in [4.78, 5) is 3.23.